The first-order valence-electron chi connectivity index (χ1n) is 5.83. The predicted molar refractivity (Wildman–Crippen MR) is 83.3 cm³/mol. The Morgan fingerprint density at radius 2 is 2.22 bits per heavy atom. The van der Waals surface area contributed by atoms with Crippen molar-refractivity contribution in [3.63, 3.8) is 0 Å². The van der Waals surface area contributed by atoms with Crippen LogP contribution in [0.5, 0.6) is 0 Å². The Hall–Kier alpha value is -0.870. The van der Waals surface area contributed by atoms with Crippen molar-refractivity contribution in [2.75, 3.05) is 24.0 Å². The lowest BCUT2D eigenvalue weighted by atomic mass is 10.1. The number of thioether (sulfide) groups is 1. The number of amidine groups is 1. The van der Waals surface area contributed by atoms with Gasteiger partial charge in [0.05, 0.1) is 5.02 Å². The van der Waals surface area contributed by atoms with E-state index in [2.05, 4.69) is 25.1 Å². The van der Waals surface area contributed by atoms with E-state index in [9.17, 15) is 0 Å². The van der Waals surface area contributed by atoms with Crippen LogP contribution in [0.15, 0.2) is 18.2 Å². The fraction of sp³-hybridized carbons (Fsp3) is 0.462. The Bertz CT molecular complexity index is 423. The number of nitrogens with one attached hydrogen (secondary N) is 1. The monoisotopic (exact) mass is 285 g/mol. The van der Waals surface area contributed by atoms with Gasteiger partial charge in [-0.1, -0.05) is 11.6 Å². The minimum Gasteiger partial charge on any atom is -0.384 e. The largest absolute Gasteiger partial charge is 0.384 e. The van der Waals surface area contributed by atoms with Crippen molar-refractivity contribution in [2.45, 2.75) is 19.4 Å². The molecule has 1 aromatic carbocycles. The molecule has 0 aromatic heterocycles. The Kier molecular flexibility index (Phi) is 5.82. The first kappa shape index (κ1) is 15.2. The van der Waals surface area contributed by atoms with Gasteiger partial charge < -0.3 is 10.6 Å². The molecule has 1 aromatic rings. The Labute approximate surface area is 118 Å². The van der Waals surface area contributed by atoms with Crippen LogP contribution >= 0.6 is 23.4 Å². The van der Waals surface area contributed by atoms with Gasteiger partial charge >= 0.3 is 0 Å². The molecule has 1 unspecified atom stereocenters. The quantitative estimate of drug-likeness (QED) is 0.623. The predicted octanol–water partition coefficient (Wildman–Crippen LogP) is 3.20. The standard InChI is InChI=1S/C13H20ClN3S/c1-9(6-7-18-3)17(2)10-4-5-11(13(15)16)12(14)8-10/h4-5,8-9H,6-7H2,1-3H3,(H3,15,16). The van der Waals surface area contributed by atoms with E-state index in [0.717, 1.165) is 17.9 Å². The van der Waals surface area contributed by atoms with E-state index in [1.807, 2.05) is 23.9 Å². The zero-order valence-corrected chi connectivity index (χ0v) is 12.6. The number of nitrogen functional groups attached to an aromatic ring is 1. The van der Waals surface area contributed by atoms with Gasteiger partial charge in [0.1, 0.15) is 5.84 Å². The van der Waals surface area contributed by atoms with Gasteiger partial charge in [0.15, 0.2) is 0 Å². The van der Waals surface area contributed by atoms with Crippen LogP contribution in [0.1, 0.15) is 18.9 Å². The first-order valence-corrected chi connectivity index (χ1v) is 7.60. The van der Waals surface area contributed by atoms with Crippen molar-refractivity contribution < 1.29 is 0 Å². The summed E-state index contributed by atoms with van der Waals surface area (Å²) in [4.78, 5) is 2.20. The zero-order valence-electron chi connectivity index (χ0n) is 11.0. The topological polar surface area (TPSA) is 53.1 Å². The Balaban J connectivity index is 2.83. The number of halogens is 1. The van der Waals surface area contributed by atoms with E-state index < -0.39 is 0 Å². The van der Waals surface area contributed by atoms with Crippen LogP contribution in [0.3, 0.4) is 0 Å². The molecule has 0 saturated carbocycles. The molecule has 0 spiro atoms. The van der Waals surface area contributed by atoms with Crippen LogP contribution in [0.4, 0.5) is 5.69 Å². The van der Waals surface area contributed by atoms with E-state index in [0.29, 0.717) is 16.6 Å². The van der Waals surface area contributed by atoms with Crippen LogP contribution in [0.25, 0.3) is 0 Å². The summed E-state index contributed by atoms with van der Waals surface area (Å²) in [7, 11) is 2.06. The second-order valence-electron chi connectivity index (χ2n) is 4.32. The van der Waals surface area contributed by atoms with Crippen molar-refractivity contribution >= 4 is 34.9 Å². The lowest BCUT2D eigenvalue weighted by molar-refractivity contribution is 0.669. The summed E-state index contributed by atoms with van der Waals surface area (Å²) < 4.78 is 0. The maximum atomic E-state index is 7.41. The molecule has 18 heavy (non-hydrogen) atoms. The summed E-state index contributed by atoms with van der Waals surface area (Å²) >= 11 is 7.98. The summed E-state index contributed by atoms with van der Waals surface area (Å²) in [6, 6.07) is 6.08. The van der Waals surface area contributed by atoms with Crippen molar-refractivity contribution in [1.29, 1.82) is 5.41 Å². The normalized spacial score (nSPS) is 12.2. The number of rotatable bonds is 6. The third-order valence-electron chi connectivity index (χ3n) is 3.05. The van der Waals surface area contributed by atoms with Gasteiger partial charge in [0, 0.05) is 24.3 Å². The maximum absolute atomic E-state index is 7.41. The van der Waals surface area contributed by atoms with E-state index >= 15 is 0 Å². The minimum absolute atomic E-state index is 0.00429. The molecule has 0 aliphatic carbocycles. The highest BCUT2D eigenvalue weighted by molar-refractivity contribution is 7.98. The molecule has 0 amide bonds. The average molecular weight is 286 g/mol. The van der Waals surface area contributed by atoms with Crippen molar-refractivity contribution in [3.8, 4) is 0 Å². The molecule has 0 saturated heterocycles. The molecular weight excluding hydrogens is 266 g/mol. The number of anilines is 1. The zero-order chi connectivity index (χ0) is 13.7. The van der Waals surface area contributed by atoms with E-state index in [1.54, 1.807) is 6.07 Å². The molecule has 0 radical (unpaired) electrons. The molecule has 1 atom stereocenters. The number of hydrogen-bond donors (Lipinski definition) is 2. The summed E-state index contributed by atoms with van der Waals surface area (Å²) in [6.45, 7) is 2.20. The van der Waals surface area contributed by atoms with Crippen molar-refractivity contribution in [2.24, 2.45) is 5.73 Å². The molecule has 100 valence electrons. The minimum atomic E-state index is 0.00429. The molecule has 3 N–H and O–H groups in total. The molecule has 0 heterocycles. The fourth-order valence-electron chi connectivity index (χ4n) is 1.68. The summed E-state index contributed by atoms with van der Waals surface area (Å²) in [6.07, 6.45) is 3.25. The molecule has 5 heteroatoms. The van der Waals surface area contributed by atoms with Crippen molar-refractivity contribution in [1.82, 2.24) is 0 Å². The van der Waals surface area contributed by atoms with E-state index in [4.69, 9.17) is 22.7 Å². The van der Waals surface area contributed by atoms with Gasteiger partial charge in [-0.25, -0.2) is 0 Å². The number of nitrogens with two attached hydrogens (primary N) is 1. The summed E-state index contributed by atoms with van der Waals surface area (Å²) in [5.41, 5.74) is 7.09. The van der Waals surface area contributed by atoms with Crippen LogP contribution in [-0.4, -0.2) is 30.9 Å². The van der Waals surface area contributed by atoms with Crippen LogP contribution in [-0.2, 0) is 0 Å². The highest BCUT2D eigenvalue weighted by Gasteiger charge is 2.12. The molecule has 0 aliphatic rings. The number of benzene rings is 1. The van der Waals surface area contributed by atoms with E-state index in [-0.39, 0.29) is 5.84 Å². The van der Waals surface area contributed by atoms with Crippen molar-refractivity contribution in [3.05, 3.63) is 28.8 Å². The second-order valence-corrected chi connectivity index (χ2v) is 5.71. The van der Waals surface area contributed by atoms with Crippen LogP contribution < -0.4 is 10.6 Å². The highest BCUT2D eigenvalue weighted by atomic mass is 35.5. The first-order chi connectivity index (χ1) is 8.47. The summed E-state index contributed by atoms with van der Waals surface area (Å²) in [5, 5.41) is 7.94. The maximum Gasteiger partial charge on any atom is 0.124 e. The van der Waals surface area contributed by atoms with Gasteiger partial charge in [-0.2, -0.15) is 11.8 Å². The third-order valence-corrected chi connectivity index (χ3v) is 4.01. The molecule has 1 rings (SSSR count). The van der Waals surface area contributed by atoms with Gasteiger partial charge in [-0.15, -0.1) is 0 Å². The van der Waals surface area contributed by atoms with Gasteiger partial charge in [-0.05, 0) is 43.6 Å². The lowest BCUT2D eigenvalue weighted by Gasteiger charge is -2.27. The number of nitrogens with zero attached hydrogens (tertiary/aromatic N) is 1. The van der Waals surface area contributed by atoms with Crippen LogP contribution in [0, 0.1) is 5.41 Å². The fourth-order valence-corrected chi connectivity index (χ4v) is 2.53. The third kappa shape index (κ3) is 3.82. The van der Waals surface area contributed by atoms with Gasteiger partial charge in [0.2, 0.25) is 0 Å². The smallest absolute Gasteiger partial charge is 0.124 e. The average Bonchev–Trinajstić information content (AvgIpc) is 2.34. The lowest BCUT2D eigenvalue weighted by Crippen LogP contribution is -2.29. The summed E-state index contributed by atoms with van der Waals surface area (Å²) in [5.74, 6) is 1.15. The molecule has 0 aliphatic heterocycles. The van der Waals surface area contributed by atoms with Crippen LogP contribution in [0.2, 0.25) is 5.02 Å². The molecule has 3 nitrogen and oxygen atoms in total. The highest BCUT2D eigenvalue weighted by Crippen LogP contribution is 2.24. The Morgan fingerprint density at radius 1 is 1.56 bits per heavy atom. The van der Waals surface area contributed by atoms with Gasteiger partial charge in [0.25, 0.3) is 0 Å². The number of hydrogen-bond acceptors (Lipinski definition) is 3. The molecule has 0 bridgehead atoms. The van der Waals surface area contributed by atoms with Gasteiger partial charge in [-0.3, -0.25) is 5.41 Å². The SMILES string of the molecule is CSCCC(C)N(C)c1ccc(C(=N)N)c(Cl)c1. The Morgan fingerprint density at radius 3 is 2.72 bits per heavy atom. The van der Waals surface area contributed by atoms with E-state index in [1.165, 1.54) is 0 Å². The molecule has 0 fully saturated rings. The second kappa shape index (κ2) is 6.90. The molecular formula is C13H20ClN3S.